The highest BCUT2D eigenvalue weighted by atomic mass is 16.5. The predicted molar refractivity (Wildman–Crippen MR) is 249 cm³/mol. The number of aromatic nitrogens is 5. The van der Waals surface area contributed by atoms with Crippen LogP contribution in [0.2, 0.25) is 0 Å². The van der Waals surface area contributed by atoms with E-state index in [0.29, 0.717) is 12.6 Å². The molecule has 1 aromatic carbocycles. The predicted octanol–water partition coefficient (Wildman–Crippen LogP) is 12.8. The van der Waals surface area contributed by atoms with Gasteiger partial charge in [-0.25, -0.2) is 0 Å². The lowest BCUT2D eigenvalue weighted by Crippen LogP contribution is -2.30. The summed E-state index contributed by atoms with van der Waals surface area (Å²) in [6.45, 7) is 40.5. The zero-order chi connectivity index (χ0) is 45.6. The van der Waals surface area contributed by atoms with Gasteiger partial charge >= 0.3 is 0 Å². The molecule has 0 radical (unpaired) electrons. The van der Waals surface area contributed by atoms with Gasteiger partial charge in [0, 0.05) is 65.7 Å². The normalized spacial score (nSPS) is 12.3. The highest BCUT2D eigenvalue weighted by Crippen LogP contribution is 2.24. The molecule has 0 aliphatic carbocycles. The fourth-order valence-electron chi connectivity index (χ4n) is 5.13. The molecule has 0 saturated carbocycles. The summed E-state index contributed by atoms with van der Waals surface area (Å²) in [6.07, 6.45) is 8.77. The van der Waals surface area contributed by atoms with Crippen LogP contribution in [0.5, 0.6) is 0 Å². The maximum absolute atomic E-state index is 11.8. The fourth-order valence-corrected chi connectivity index (χ4v) is 5.13. The van der Waals surface area contributed by atoms with E-state index in [9.17, 15) is 9.59 Å². The Kier molecular flexibility index (Phi) is 26.3. The first kappa shape index (κ1) is 57.0. The van der Waals surface area contributed by atoms with Gasteiger partial charge in [-0.3, -0.25) is 19.3 Å². The summed E-state index contributed by atoms with van der Waals surface area (Å²) in [7, 11) is 0. The van der Waals surface area contributed by atoms with Gasteiger partial charge in [0.05, 0.1) is 35.2 Å². The number of hydrogen-bond acceptors (Lipinski definition) is 8. The van der Waals surface area contributed by atoms with Crippen LogP contribution in [0, 0.1) is 0 Å². The second kappa shape index (κ2) is 27.7. The van der Waals surface area contributed by atoms with Crippen LogP contribution in [0.25, 0.3) is 0 Å². The van der Waals surface area contributed by atoms with E-state index in [1.807, 2.05) is 138 Å². The van der Waals surface area contributed by atoms with Gasteiger partial charge in [-0.1, -0.05) is 119 Å². The van der Waals surface area contributed by atoms with Gasteiger partial charge in [-0.05, 0) is 78.3 Å². The third-order valence-electron chi connectivity index (χ3n) is 8.37. The highest BCUT2D eigenvalue weighted by Gasteiger charge is 2.30. The molecule has 6 heterocycles. The maximum atomic E-state index is 11.8. The third-order valence-corrected chi connectivity index (χ3v) is 8.37. The number of nitrogens with zero attached hydrogens (tertiary/aromatic N) is 7. The van der Waals surface area contributed by atoms with E-state index < -0.39 is 0 Å². The highest BCUT2D eigenvalue weighted by molar-refractivity contribution is 5.98. The summed E-state index contributed by atoms with van der Waals surface area (Å²) in [4.78, 5) is 31.4. The topological polar surface area (TPSA) is 123 Å². The van der Waals surface area contributed by atoms with Gasteiger partial charge in [0.2, 0.25) is 0 Å². The Balaban J connectivity index is 0. The first-order chi connectivity index (χ1) is 27.7. The number of fused-ring (bicyclic) bond motifs is 2. The maximum Gasteiger partial charge on any atom is 0.256 e. The van der Waals surface area contributed by atoms with E-state index in [0.717, 1.165) is 40.4 Å². The minimum absolute atomic E-state index is 0. The number of carbonyl (C=O) groups is 2. The Morgan fingerprint density at radius 2 is 1.18 bits per heavy atom. The molecule has 11 heteroatoms. The quantitative estimate of drug-likeness (QED) is 0.172. The molecule has 0 saturated heterocycles. The van der Waals surface area contributed by atoms with Crippen LogP contribution in [-0.2, 0) is 29.5 Å². The van der Waals surface area contributed by atoms with Crippen LogP contribution in [-0.4, -0.2) is 58.8 Å². The average Bonchev–Trinajstić information content (AvgIpc) is 4.05. The molecule has 0 fully saturated rings. The molecule has 5 aromatic rings. The van der Waals surface area contributed by atoms with Gasteiger partial charge in [-0.2, -0.15) is 5.10 Å². The van der Waals surface area contributed by atoms with Crippen LogP contribution in [0.15, 0.2) is 94.7 Å². The standard InChI is InChI=1S/C11H13NO.C10H12N2O.C7H12N2.2C7H11NO.3C2H6.CH4/c1-8(2)12-7-9-5-3-4-6-10(9)11(12)13;1-7(2)12-6-9-8(10(12)13)4-3-5-11-9;1-7(2,3)9-6-4-5-8-9;1-7(2,3)6-4-5-9-8-6;1-7(2,3)6-4-5-8-9-6;3*1-2;/h3-6,8H,7H2,1-2H3;3-5,7H,6H2,1-2H3;4-6H,1-3H3;2*4-5H,1-3H3;3*1-2H3;1H4. The van der Waals surface area contributed by atoms with Gasteiger partial charge in [0.15, 0.2) is 0 Å². The Labute approximate surface area is 364 Å². The number of carbonyl (C=O) groups excluding carboxylic acids is 2. The smallest absolute Gasteiger partial charge is 0.256 e. The molecule has 0 spiro atoms. The largest absolute Gasteiger partial charge is 0.364 e. The molecule has 0 atom stereocenters. The van der Waals surface area contributed by atoms with Gasteiger partial charge < -0.3 is 18.8 Å². The molecule has 11 nitrogen and oxygen atoms in total. The fraction of sp³-hybridized carbons (Fsp3) is 0.551. The van der Waals surface area contributed by atoms with E-state index in [-0.39, 0.29) is 41.7 Å². The Morgan fingerprint density at radius 1 is 0.633 bits per heavy atom. The van der Waals surface area contributed by atoms with Crippen molar-refractivity contribution in [3.8, 4) is 0 Å². The molecule has 2 aliphatic rings. The van der Waals surface area contributed by atoms with E-state index in [1.165, 1.54) is 0 Å². The van der Waals surface area contributed by atoms with Gasteiger partial charge in [-0.15, -0.1) is 0 Å². The lowest BCUT2D eigenvalue weighted by molar-refractivity contribution is 0.0722. The van der Waals surface area contributed by atoms with Crippen molar-refractivity contribution >= 4 is 11.8 Å². The summed E-state index contributed by atoms with van der Waals surface area (Å²) in [5.41, 5.74) is 5.03. The van der Waals surface area contributed by atoms with Crippen LogP contribution < -0.4 is 0 Å². The van der Waals surface area contributed by atoms with Crippen LogP contribution in [0.1, 0.15) is 182 Å². The van der Waals surface area contributed by atoms with Crippen LogP contribution in [0.3, 0.4) is 0 Å². The zero-order valence-corrected chi connectivity index (χ0v) is 39.9. The molecule has 0 N–H and O–H groups in total. The Bertz CT molecular complexity index is 1650. The van der Waals surface area contributed by atoms with E-state index >= 15 is 0 Å². The first-order valence-electron chi connectivity index (χ1n) is 21.2. The van der Waals surface area contributed by atoms with Gasteiger partial charge in [0.1, 0.15) is 12.0 Å². The van der Waals surface area contributed by atoms with Crippen molar-refractivity contribution < 1.29 is 18.6 Å². The van der Waals surface area contributed by atoms with Crippen LogP contribution >= 0.6 is 0 Å². The number of benzene rings is 1. The molecule has 0 unspecified atom stereocenters. The molecule has 336 valence electrons. The second-order valence-corrected chi connectivity index (χ2v) is 16.6. The number of rotatable bonds is 2. The van der Waals surface area contributed by atoms with E-state index in [1.54, 1.807) is 30.9 Å². The zero-order valence-electron chi connectivity index (χ0n) is 39.9. The molecule has 2 amide bonds. The minimum atomic E-state index is 0. The number of pyridine rings is 1. The van der Waals surface area contributed by atoms with E-state index in [2.05, 4.69) is 82.7 Å². The molecular formula is C49H81N7O4. The summed E-state index contributed by atoms with van der Waals surface area (Å²) in [5, 5.41) is 11.5. The van der Waals surface area contributed by atoms with Crippen LogP contribution in [0.4, 0.5) is 0 Å². The Hall–Kier alpha value is -5.06. The van der Waals surface area contributed by atoms with E-state index in [4.69, 9.17) is 9.05 Å². The summed E-state index contributed by atoms with van der Waals surface area (Å²) in [6, 6.07) is 17.7. The average molecular weight is 832 g/mol. The summed E-state index contributed by atoms with van der Waals surface area (Å²) >= 11 is 0. The second-order valence-electron chi connectivity index (χ2n) is 16.6. The van der Waals surface area contributed by atoms with Crippen molar-refractivity contribution in [2.75, 3.05) is 0 Å². The summed E-state index contributed by atoms with van der Waals surface area (Å²) < 4.78 is 11.6. The molecule has 4 aromatic heterocycles. The molecule has 0 bridgehead atoms. The van der Waals surface area contributed by atoms with Crippen molar-refractivity contribution in [3.05, 3.63) is 119 Å². The minimum Gasteiger partial charge on any atom is -0.364 e. The van der Waals surface area contributed by atoms with Crippen molar-refractivity contribution in [3.63, 3.8) is 0 Å². The lowest BCUT2D eigenvalue weighted by Gasteiger charge is -2.19. The van der Waals surface area contributed by atoms with Crippen molar-refractivity contribution in [1.82, 2.24) is 34.9 Å². The summed E-state index contributed by atoms with van der Waals surface area (Å²) in [5.74, 6) is 1.21. The lowest BCUT2D eigenvalue weighted by atomic mass is 9.93. The third kappa shape index (κ3) is 18.5. The van der Waals surface area contributed by atoms with Crippen molar-refractivity contribution in [2.45, 2.75) is 181 Å². The number of hydrogen-bond donors (Lipinski definition) is 0. The Morgan fingerprint density at radius 3 is 1.55 bits per heavy atom. The molecule has 2 aliphatic heterocycles. The first-order valence-corrected chi connectivity index (χ1v) is 21.2. The van der Waals surface area contributed by atoms with Crippen molar-refractivity contribution in [1.29, 1.82) is 0 Å². The van der Waals surface area contributed by atoms with Crippen molar-refractivity contribution in [2.24, 2.45) is 0 Å². The number of amides is 2. The SMILES string of the molecule is C.CC.CC.CC.CC(C)(C)c1ccno1.CC(C)(C)c1ccon1.CC(C)(C)n1cccn1.CC(C)N1Cc2ccccc2C1=O.CC(C)N1Cc2ncccc2C1=O. The molecule has 60 heavy (non-hydrogen) atoms. The molecule has 7 rings (SSSR count). The molecular weight excluding hydrogens is 751 g/mol. The monoisotopic (exact) mass is 832 g/mol. The van der Waals surface area contributed by atoms with Gasteiger partial charge in [0.25, 0.3) is 11.8 Å².